The largest absolute Gasteiger partial charge is 0.496 e. The van der Waals surface area contributed by atoms with Crippen LogP contribution in [0.25, 0.3) is 5.57 Å². The van der Waals surface area contributed by atoms with E-state index in [0.717, 1.165) is 11.3 Å². The van der Waals surface area contributed by atoms with Gasteiger partial charge in [-0.2, -0.15) is 0 Å². The van der Waals surface area contributed by atoms with Crippen LogP contribution in [0.3, 0.4) is 0 Å². The lowest BCUT2D eigenvalue weighted by molar-refractivity contribution is -0.137. The van der Waals surface area contributed by atoms with E-state index in [-0.39, 0.29) is 23.4 Å². The van der Waals surface area contributed by atoms with Gasteiger partial charge in [0.25, 0.3) is 11.8 Å². The van der Waals surface area contributed by atoms with E-state index in [4.69, 9.17) is 4.74 Å². The SMILES string of the molecule is COc1ccccc1C1=C(Nc2ccc(C)cc2)C(=O)N(CC(C)C)C1=O. The number of rotatable bonds is 6. The number of nitrogens with one attached hydrogen (secondary N) is 1. The van der Waals surface area contributed by atoms with Crippen LogP contribution >= 0.6 is 0 Å². The molecule has 0 bridgehead atoms. The molecule has 0 radical (unpaired) electrons. The molecule has 0 unspecified atom stereocenters. The molecule has 1 N–H and O–H groups in total. The molecule has 2 aromatic rings. The van der Waals surface area contributed by atoms with Gasteiger partial charge in [-0.3, -0.25) is 14.5 Å². The summed E-state index contributed by atoms with van der Waals surface area (Å²) in [6, 6.07) is 15.0. The van der Waals surface area contributed by atoms with Crippen molar-refractivity contribution in [1.29, 1.82) is 0 Å². The molecule has 1 heterocycles. The lowest BCUT2D eigenvalue weighted by Crippen LogP contribution is -2.35. The summed E-state index contributed by atoms with van der Waals surface area (Å²) in [6.45, 7) is 6.33. The highest BCUT2D eigenvalue weighted by Crippen LogP contribution is 2.35. The summed E-state index contributed by atoms with van der Waals surface area (Å²) in [5, 5.41) is 3.16. The maximum Gasteiger partial charge on any atom is 0.278 e. The van der Waals surface area contributed by atoms with Crippen molar-refractivity contribution in [2.75, 3.05) is 19.0 Å². The molecule has 0 saturated heterocycles. The zero-order chi connectivity index (χ0) is 19.6. The second-order valence-corrected chi connectivity index (χ2v) is 7.06. The Morgan fingerprint density at radius 2 is 1.67 bits per heavy atom. The van der Waals surface area contributed by atoms with Crippen LogP contribution in [-0.4, -0.2) is 30.4 Å². The van der Waals surface area contributed by atoms with E-state index in [1.54, 1.807) is 19.2 Å². The molecule has 2 amide bonds. The predicted octanol–water partition coefficient (Wildman–Crippen LogP) is 3.85. The van der Waals surface area contributed by atoms with Gasteiger partial charge in [-0.05, 0) is 31.0 Å². The van der Waals surface area contributed by atoms with Crippen molar-refractivity contribution in [3.05, 3.63) is 65.4 Å². The Hall–Kier alpha value is -3.08. The summed E-state index contributed by atoms with van der Waals surface area (Å²) in [5.74, 6) is 0.127. The summed E-state index contributed by atoms with van der Waals surface area (Å²) >= 11 is 0. The number of hydrogen-bond acceptors (Lipinski definition) is 4. The van der Waals surface area contributed by atoms with E-state index in [9.17, 15) is 9.59 Å². The average Bonchev–Trinajstić information content (AvgIpc) is 2.87. The highest BCUT2D eigenvalue weighted by molar-refractivity contribution is 6.37. The molecule has 1 aliphatic rings. The van der Waals surface area contributed by atoms with Crippen LogP contribution < -0.4 is 10.1 Å². The number of methoxy groups -OCH3 is 1. The maximum absolute atomic E-state index is 13.1. The molecule has 0 aromatic heterocycles. The Bertz CT molecular complexity index is 898. The molecular weight excluding hydrogens is 340 g/mol. The lowest BCUT2D eigenvalue weighted by atomic mass is 10.0. The number of anilines is 1. The molecule has 1 aliphatic heterocycles. The zero-order valence-corrected chi connectivity index (χ0v) is 16.1. The maximum atomic E-state index is 13.1. The van der Waals surface area contributed by atoms with Gasteiger partial charge in [0.05, 0.1) is 12.7 Å². The molecule has 0 spiro atoms. The van der Waals surface area contributed by atoms with Gasteiger partial charge >= 0.3 is 0 Å². The van der Waals surface area contributed by atoms with Crippen LogP contribution in [0.15, 0.2) is 54.2 Å². The molecule has 0 aliphatic carbocycles. The van der Waals surface area contributed by atoms with E-state index in [0.29, 0.717) is 23.4 Å². The minimum atomic E-state index is -0.310. The standard InChI is InChI=1S/C22H24N2O3/c1-14(2)13-24-21(25)19(17-7-5-6-8-18(17)27-4)20(22(24)26)23-16-11-9-15(3)10-12-16/h5-12,14,23H,13H2,1-4H3. The smallest absolute Gasteiger partial charge is 0.278 e. The fraction of sp³-hybridized carbons (Fsp3) is 0.273. The monoisotopic (exact) mass is 364 g/mol. The van der Waals surface area contributed by atoms with Gasteiger partial charge in [-0.1, -0.05) is 49.7 Å². The van der Waals surface area contributed by atoms with Crippen LogP contribution in [0.5, 0.6) is 5.75 Å². The third-order valence-corrected chi connectivity index (χ3v) is 4.41. The number of ether oxygens (including phenoxy) is 1. The van der Waals surface area contributed by atoms with Crippen LogP contribution in [0.4, 0.5) is 5.69 Å². The molecule has 2 aromatic carbocycles. The molecule has 0 saturated carbocycles. The van der Waals surface area contributed by atoms with Gasteiger partial charge in [-0.15, -0.1) is 0 Å². The van der Waals surface area contributed by atoms with Crippen molar-refractivity contribution in [1.82, 2.24) is 4.90 Å². The average molecular weight is 364 g/mol. The second-order valence-electron chi connectivity index (χ2n) is 7.06. The number of imide groups is 1. The first kappa shape index (κ1) is 18.7. The van der Waals surface area contributed by atoms with Gasteiger partial charge in [0.2, 0.25) is 0 Å². The third kappa shape index (κ3) is 3.72. The van der Waals surface area contributed by atoms with Crippen molar-refractivity contribution in [2.45, 2.75) is 20.8 Å². The molecule has 0 atom stereocenters. The van der Waals surface area contributed by atoms with E-state index < -0.39 is 0 Å². The van der Waals surface area contributed by atoms with Crippen LogP contribution in [-0.2, 0) is 9.59 Å². The number of hydrogen-bond donors (Lipinski definition) is 1. The van der Waals surface area contributed by atoms with Crippen molar-refractivity contribution >= 4 is 23.1 Å². The van der Waals surface area contributed by atoms with E-state index in [1.807, 2.05) is 57.2 Å². The molecular formula is C22H24N2O3. The molecule has 3 rings (SSSR count). The lowest BCUT2D eigenvalue weighted by Gasteiger charge is -2.17. The van der Waals surface area contributed by atoms with E-state index >= 15 is 0 Å². The molecule has 5 nitrogen and oxygen atoms in total. The highest BCUT2D eigenvalue weighted by atomic mass is 16.5. The van der Waals surface area contributed by atoms with Gasteiger partial charge < -0.3 is 10.1 Å². The van der Waals surface area contributed by atoms with Crippen molar-refractivity contribution in [3.63, 3.8) is 0 Å². The van der Waals surface area contributed by atoms with Crippen LogP contribution in [0, 0.1) is 12.8 Å². The number of nitrogens with zero attached hydrogens (tertiary/aromatic N) is 1. The fourth-order valence-corrected chi connectivity index (χ4v) is 3.11. The molecule has 27 heavy (non-hydrogen) atoms. The van der Waals surface area contributed by atoms with E-state index in [1.165, 1.54) is 4.90 Å². The Labute approximate surface area is 159 Å². The topological polar surface area (TPSA) is 58.6 Å². The van der Waals surface area contributed by atoms with Gasteiger partial charge in [-0.25, -0.2) is 0 Å². The third-order valence-electron chi connectivity index (χ3n) is 4.41. The zero-order valence-electron chi connectivity index (χ0n) is 16.1. The minimum Gasteiger partial charge on any atom is -0.496 e. The van der Waals surface area contributed by atoms with Gasteiger partial charge in [0.15, 0.2) is 0 Å². The van der Waals surface area contributed by atoms with Crippen molar-refractivity contribution in [3.8, 4) is 5.75 Å². The predicted molar refractivity (Wildman–Crippen MR) is 106 cm³/mol. The second kappa shape index (κ2) is 7.66. The first-order chi connectivity index (χ1) is 12.9. The Morgan fingerprint density at radius 3 is 2.30 bits per heavy atom. The number of carbonyl (C=O) groups is 2. The minimum absolute atomic E-state index is 0.176. The normalized spacial score (nSPS) is 14.3. The first-order valence-corrected chi connectivity index (χ1v) is 9.00. The summed E-state index contributed by atoms with van der Waals surface area (Å²) < 4.78 is 5.43. The number of carbonyl (C=O) groups excluding carboxylic acids is 2. The van der Waals surface area contributed by atoms with Crippen molar-refractivity contribution in [2.24, 2.45) is 5.92 Å². The Kier molecular flexibility index (Phi) is 5.31. The quantitative estimate of drug-likeness (QED) is 0.791. The summed E-state index contributed by atoms with van der Waals surface area (Å²) in [5.41, 5.74) is 3.12. The Morgan fingerprint density at radius 1 is 1.00 bits per heavy atom. The summed E-state index contributed by atoms with van der Waals surface area (Å²) in [7, 11) is 1.56. The number of benzene rings is 2. The highest BCUT2D eigenvalue weighted by Gasteiger charge is 2.40. The Balaban J connectivity index is 2.10. The number of amides is 2. The van der Waals surface area contributed by atoms with Crippen LogP contribution in [0.1, 0.15) is 25.0 Å². The van der Waals surface area contributed by atoms with Gasteiger partial charge in [0.1, 0.15) is 11.4 Å². The summed E-state index contributed by atoms with van der Waals surface area (Å²) in [6.07, 6.45) is 0. The number of para-hydroxylation sites is 1. The summed E-state index contributed by atoms with van der Waals surface area (Å²) in [4.78, 5) is 27.5. The fourth-order valence-electron chi connectivity index (χ4n) is 3.11. The molecule has 5 heteroatoms. The molecule has 0 fully saturated rings. The number of aryl methyl sites for hydroxylation is 1. The van der Waals surface area contributed by atoms with Crippen LogP contribution in [0.2, 0.25) is 0 Å². The van der Waals surface area contributed by atoms with Gasteiger partial charge in [0, 0.05) is 17.8 Å². The van der Waals surface area contributed by atoms with Crippen molar-refractivity contribution < 1.29 is 14.3 Å². The van der Waals surface area contributed by atoms with E-state index in [2.05, 4.69) is 5.32 Å². The molecule has 140 valence electrons. The first-order valence-electron chi connectivity index (χ1n) is 9.00.